The molecule has 0 amide bonds. The molecule has 0 spiro atoms. The minimum atomic E-state index is 0.110. The molecule has 0 aliphatic carbocycles. The van der Waals surface area contributed by atoms with Crippen LogP contribution < -0.4 is 5.73 Å². The molecule has 0 saturated carbocycles. The number of rotatable bonds is 3. The Morgan fingerprint density at radius 2 is 2.36 bits per heavy atom. The number of benzene rings is 1. The van der Waals surface area contributed by atoms with Crippen molar-refractivity contribution < 1.29 is 9.52 Å². The van der Waals surface area contributed by atoms with E-state index in [9.17, 15) is 0 Å². The van der Waals surface area contributed by atoms with Crippen molar-refractivity contribution >= 4 is 28.5 Å². The Bertz CT molecular complexity index is 441. The zero-order chi connectivity index (χ0) is 9.97. The van der Waals surface area contributed by atoms with Crippen molar-refractivity contribution in [2.75, 3.05) is 18.1 Å². The number of nitrogens with two attached hydrogens (primary N) is 1. The van der Waals surface area contributed by atoms with E-state index in [1.54, 1.807) is 6.07 Å². The fourth-order valence-electron chi connectivity index (χ4n) is 1.14. The standard InChI is InChI=1S/C9H10N2O2S/c10-6-2-1-3-7-8(6)11-9(13-7)14-5-4-12/h1-3,12H,4-5,10H2. The van der Waals surface area contributed by atoms with Gasteiger partial charge in [-0.3, -0.25) is 0 Å². The molecule has 3 N–H and O–H groups in total. The molecule has 0 aliphatic heterocycles. The number of thioether (sulfide) groups is 1. The second kappa shape index (κ2) is 3.89. The van der Waals surface area contributed by atoms with Gasteiger partial charge in [-0.25, -0.2) is 4.98 Å². The van der Waals surface area contributed by atoms with E-state index in [4.69, 9.17) is 15.3 Å². The lowest BCUT2D eigenvalue weighted by molar-refractivity contribution is 0.322. The highest BCUT2D eigenvalue weighted by atomic mass is 32.2. The monoisotopic (exact) mass is 210 g/mol. The van der Waals surface area contributed by atoms with Gasteiger partial charge >= 0.3 is 0 Å². The maximum absolute atomic E-state index is 8.64. The first kappa shape index (κ1) is 9.36. The van der Waals surface area contributed by atoms with E-state index in [2.05, 4.69) is 4.98 Å². The molecule has 14 heavy (non-hydrogen) atoms. The van der Waals surface area contributed by atoms with Crippen molar-refractivity contribution in [2.24, 2.45) is 0 Å². The summed E-state index contributed by atoms with van der Waals surface area (Å²) in [5.74, 6) is 0.576. The highest BCUT2D eigenvalue weighted by molar-refractivity contribution is 7.99. The zero-order valence-corrected chi connectivity index (χ0v) is 8.25. The van der Waals surface area contributed by atoms with Crippen LogP contribution in [0.15, 0.2) is 27.8 Å². The van der Waals surface area contributed by atoms with Gasteiger partial charge in [-0.15, -0.1) is 0 Å². The first-order valence-electron chi connectivity index (χ1n) is 4.20. The minimum Gasteiger partial charge on any atom is -0.431 e. The minimum absolute atomic E-state index is 0.110. The summed E-state index contributed by atoms with van der Waals surface area (Å²) in [6.07, 6.45) is 0. The van der Waals surface area contributed by atoms with E-state index in [1.807, 2.05) is 12.1 Å². The smallest absolute Gasteiger partial charge is 0.256 e. The number of oxazole rings is 1. The van der Waals surface area contributed by atoms with Gasteiger partial charge in [0, 0.05) is 5.75 Å². The van der Waals surface area contributed by atoms with Crippen molar-refractivity contribution in [1.82, 2.24) is 4.98 Å². The maximum Gasteiger partial charge on any atom is 0.256 e. The third-order valence-corrected chi connectivity index (χ3v) is 2.56. The molecule has 1 aromatic carbocycles. The van der Waals surface area contributed by atoms with Crippen LogP contribution in [-0.2, 0) is 0 Å². The number of fused-ring (bicyclic) bond motifs is 1. The molecule has 1 aromatic heterocycles. The van der Waals surface area contributed by atoms with Gasteiger partial charge in [-0.2, -0.15) is 0 Å². The normalized spacial score (nSPS) is 10.9. The first-order chi connectivity index (χ1) is 6.81. The average Bonchev–Trinajstić information content (AvgIpc) is 2.59. The highest BCUT2D eigenvalue weighted by Crippen LogP contribution is 2.26. The molecule has 5 heteroatoms. The van der Waals surface area contributed by atoms with Gasteiger partial charge in [-0.1, -0.05) is 17.8 Å². The largest absolute Gasteiger partial charge is 0.431 e. The van der Waals surface area contributed by atoms with Gasteiger partial charge in [0.25, 0.3) is 5.22 Å². The van der Waals surface area contributed by atoms with E-state index in [0.29, 0.717) is 27.8 Å². The summed E-state index contributed by atoms with van der Waals surface area (Å²) in [7, 11) is 0. The SMILES string of the molecule is Nc1cccc2oc(SCCO)nc12. The fourth-order valence-corrected chi connectivity index (χ4v) is 1.71. The first-order valence-corrected chi connectivity index (χ1v) is 5.18. The molecule has 4 nitrogen and oxygen atoms in total. The van der Waals surface area contributed by atoms with Gasteiger partial charge in [0.05, 0.1) is 12.3 Å². The molecule has 2 rings (SSSR count). The number of hydrogen-bond acceptors (Lipinski definition) is 5. The van der Waals surface area contributed by atoms with Crippen LogP contribution in [0.2, 0.25) is 0 Å². The Labute approximate surface area is 85.1 Å². The predicted molar refractivity (Wildman–Crippen MR) is 56.2 cm³/mol. The molecule has 0 aliphatic rings. The van der Waals surface area contributed by atoms with Crippen LogP contribution in [0.25, 0.3) is 11.1 Å². The van der Waals surface area contributed by atoms with Crippen LogP contribution in [0.1, 0.15) is 0 Å². The van der Waals surface area contributed by atoms with Crippen LogP contribution in [-0.4, -0.2) is 22.5 Å². The number of para-hydroxylation sites is 1. The number of nitrogens with zero attached hydrogens (tertiary/aromatic N) is 1. The summed E-state index contributed by atoms with van der Waals surface area (Å²) in [5.41, 5.74) is 7.70. The van der Waals surface area contributed by atoms with Gasteiger partial charge in [0.2, 0.25) is 0 Å². The van der Waals surface area contributed by atoms with Crippen LogP contribution in [0.3, 0.4) is 0 Å². The van der Waals surface area contributed by atoms with E-state index in [-0.39, 0.29) is 6.61 Å². The second-order valence-corrected chi connectivity index (χ2v) is 3.79. The summed E-state index contributed by atoms with van der Waals surface area (Å²) in [4.78, 5) is 4.21. The Balaban J connectivity index is 2.36. The topological polar surface area (TPSA) is 72.3 Å². The fraction of sp³-hybridized carbons (Fsp3) is 0.222. The second-order valence-electron chi connectivity index (χ2n) is 2.75. The lowest BCUT2D eigenvalue weighted by Gasteiger charge is -1.89. The van der Waals surface area contributed by atoms with Crippen molar-refractivity contribution in [2.45, 2.75) is 5.22 Å². The zero-order valence-electron chi connectivity index (χ0n) is 7.43. The molecule has 0 atom stereocenters. The van der Waals surface area contributed by atoms with Crippen LogP contribution in [0.5, 0.6) is 0 Å². The molecule has 1 heterocycles. The third-order valence-electron chi connectivity index (χ3n) is 1.75. The van der Waals surface area contributed by atoms with Crippen LogP contribution in [0.4, 0.5) is 5.69 Å². The van der Waals surface area contributed by atoms with Crippen molar-refractivity contribution in [1.29, 1.82) is 0 Å². The molecule has 0 unspecified atom stereocenters. The van der Waals surface area contributed by atoms with Gasteiger partial charge < -0.3 is 15.3 Å². The average molecular weight is 210 g/mol. The number of aliphatic hydroxyl groups is 1. The number of aliphatic hydroxyl groups excluding tert-OH is 1. The van der Waals surface area contributed by atoms with E-state index < -0.39 is 0 Å². The molecular weight excluding hydrogens is 200 g/mol. The predicted octanol–water partition coefficient (Wildman–Crippen LogP) is 1.49. The Morgan fingerprint density at radius 3 is 3.07 bits per heavy atom. The quantitative estimate of drug-likeness (QED) is 0.593. The molecular formula is C9H10N2O2S. The molecule has 0 fully saturated rings. The van der Waals surface area contributed by atoms with Gasteiger partial charge in [0.1, 0.15) is 5.52 Å². The third kappa shape index (κ3) is 1.69. The van der Waals surface area contributed by atoms with E-state index >= 15 is 0 Å². The number of anilines is 1. The van der Waals surface area contributed by atoms with Crippen molar-refractivity contribution in [3.63, 3.8) is 0 Å². The molecule has 0 saturated heterocycles. The van der Waals surface area contributed by atoms with Crippen LogP contribution in [0, 0.1) is 0 Å². The van der Waals surface area contributed by atoms with E-state index in [0.717, 1.165) is 0 Å². The summed E-state index contributed by atoms with van der Waals surface area (Å²) < 4.78 is 5.41. The highest BCUT2D eigenvalue weighted by Gasteiger charge is 2.07. The summed E-state index contributed by atoms with van der Waals surface area (Å²) in [5, 5.41) is 9.19. The Hall–Kier alpha value is -1.20. The molecule has 0 radical (unpaired) electrons. The molecule has 0 bridgehead atoms. The molecule has 74 valence electrons. The van der Waals surface area contributed by atoms with Crippen molar-refractivity contribution in [3.8, 4) is 0 Å². The van der Waals surface area contributed by atoms with Gasteiger partial charge in [-0.05, 0) is 12.1 Å². The van der Waals surface area contributed by atoms with Gasteiger partial charge in [0.15, 0.2) is 5.58 Å². The Kier molecular flexibility index (Phi) is 2.60. The number of nitrogen functional groups attached to an aromatic ring is 1. The maximum atomic E-state index is 8.64. The number of aromatic nitrogens is 1. The summed E-state index contributed by atoms with van der Waals surface area (Å²) in [6, 6.07) is 5.43. The van der Waals surface area contributed by atoms with E-state index in [1.165, 1.54) is 11.8 Å². The van der Waals surface area contributed by atoms with Crippen LogP contribution >= 0.6 is 11.8 Å². The Morgan fingerprint density at radius 1 is 1.50 bits per heavy atom. The lowest BCUT2D eigenvalue weighted by atomic mass is 10.3. The summed E-state index contributed by atoms with van der Waals surface area (Å²) in [6.45, 7) is 0.110. The van der Waals surface area contributed by atoms with Crippen molar-refractivity contribution in [3.05, 3.63) is 18.2 Å². The lowest BCUT2D eigenvalue weighted by Crippen LogP contribution is -1.86. The molecule has 2 aromatic rings. The number of hydrogen-bond donors (Lipinski definition) is 2. The summed E-state index contributed by atoms with van der Waals surface area (Å²) >= 11 is 1.37.